The topological polar surface area (TPSA) is 49.4 Å². The molecule has 0 aromatic heterocycles. The number of nitrogens with one attached hydrogen (secondary N) is 1. The van der Waals surface area contributed by atoms with Gasteiger partial charge in [-0.3, -0.25) is 9.59 Å². The molecule has 0 saturated heterocycles. The monoisotopic (exact) mass is 534 g/mol. The van der Waals surface area contributed by atoms with E-state index in [0.29, 0.717) is 25.8 Å². The second kappa shape index (κ2) is 13.0. The maximum absolute atomic E-state index is 13.1. The molecule has 0 heterocycles. The van der Waals surface area contributed by atoms with Gasteiger partial charge in [-0.25, -0.2) is 0 Å². The minimum absolute atomic E-state index is 0.0216. The van der Waals surface area contributed by atoms with Crippen molar-refractivity contribution in [1.29, 1.82) is 0 Å². The van der Waals surface area contributed by atoms with Crippen LogP contribution in [0.25, 0.3) is 0 Å². The molecule has 2 aromatic carbocycles. The third-order valence-corrected chi connectivity index (χ3v) is 7.30. The number of benzene rings is 2. The highest BCUT2D eigenvalue weighted by atomic mass is 35.5. The van der Waals surface area contributed by atoms with Gasteiger partial charge in [-0.1, -0.05) is 65.5 Å². The molecule has 0 aliphatic carbocycles. The van der Waals surface area contributed by atoms with Crippen LogP contribution in [0.3, 0.4) is 0 Å². The Labute approximate surface area is 213 Å². The molecule has 0 radical (unpaired) electrons. The van der Waals surface area contributed by atoms with Crippen LogP contribution in [0.15, 0.2) is 36.4 Å². The first-order chi connectivity index (χ1) is 15.1. The first-order valence-corrected chi connectivity index (χ1v) is 12.8. The highest BCUT2D eigenvalue weighted by Gasteiger charge is 2.27. The SMILES string of the molecule is CC[C@@H](C)NC(=O)[C@@H](C)N(Cc1ccc(Cl)c(Cl)c1)C(=O)CSCc1ccc(Cl)cc1Cl. The van der Waals surface area contributed by atoms with Gasteiger partial charge < -0.3 is 10.2 Å². The highest BCUT2D eigenvalue weighted by molar-refractivity contribution is 7.99. The van der Waals surface area contributed by atoms with Crippen LogP contribution in [-0.4, -0.2) is 34.6 Å². The van der Waals surface area contributed by atoms with Crippen molar-refractivity contribution in [3.8, 4) is 0 Å². The van der Waals surface area contributed by atoms with E-state index in [1.54, 1.807) is 42.2 Å². The van der Waals surface area contributed by atoms with Gasteiger partial charge in [0.05, 0.1) is 15.8 Å². The number of rotatable bonds is 10. The van der Waals surface area contributed by atoms with E-state index >= 15 is 0 Å². The fraction of sp³-hybridized carbons (Fsp3) is 0.391. The number of hydrogen-bond acceptors (Lipinski definition) is 3. The van der Waals surface area contributed by atoms with Crippen molar-refractivity contribution in [2.75, 3.05) is 5.75 Å². The van der Waals surface area contributed by atoms with Crippen molar-refractivity contribution < 1.29 is 9.59 Å². The van der Waals surface area contributed by atoms with E-state index < -0.39 is 6.04 Å². The third-order valence-electron chi connectivity index (χ3n) is 5.00. The molecule has 4 nitrogen and oxygen atoms in total. The molecule has 174 valence electrons. The van der Waals surface area contributed by atoms with Crippen molar-refractivity contribution in [3.05, 3.63) is 67.6 Å². The number of amides is 2. The van der Waals surface area contributed by atoms with Crippen LogP contribution in [0.4, 0.5) is 0 Å². The summed E-state index contributed by atoms with van der Waals surface area (Å²) in [6, 6.07) is 9.86. The van der Waals surface area contributed by atoms with Gasteiger partial charge in [0, 0.05) is 28.4 Å². The molecule has 2 rings (SSSR count). The van der Waals surface area contributed by atoms with Crippen molar-refractivity contribution in [1.82, 2.24) is 10.2 Å². The molecule has 0 bridgehead atoms. The quantitative estimate of drug-likeness (QED) is 0.361. The molecule has 1 N–H and O–H groups in total. The number of hydrogen-bond donors (Lipinski definition) is 1. The lowest BCUT2D eigenvalue weighted by Crippen LogP contribution is -2.50. The number of thioether (sulfide) groups is 1. The summed E-state index contributed by atoms with van der Waals surface area (Å²) in [5.41, 5.74) is 1.69. The fourth-order valence-electron chi connectivity index (χ4n) is 2.85. The molecular weight excluding hydrogens is 510 g/mol. The van der Waals surface area contributed by atoms with Gasteiger partial charge in [0.2, 0.25) is 11.8 Å². The fourth-order valence-corrected chi connectivity index (χ4v) is 4.64. The van der Waals surface area contributed by atoms with E-state index in [2.05, 4.69) is 5.32 Å². The van der Waals surface area contributed by atoms with Crippen LogP contribution in [0.2, 0.25) is 20.1 Å². The summed E-state index contributed by atoms with van der Waals surface area (Å²) >= 11 is 25.8. The van der Waals surface area contributed by atoms with Crippen molar-refractivity contribution in [2.45, 2.75) is 51.6 Å². The van der Waals surface area contributed by atoms with Crippen LogP contribution in [0.5, 0.6) is 0 Å². The molecule has 0 spiro atoms. The Morgan fingerprint density at radius 2 is 1.72 bits per heavy atom. The van der Waals surface area contributed by atoms with Crippen LogP contribution in [-0.2, 0) is 21.9 Å². The van der Waals surface area contributed by atoms with Gasteiger partial charge in [0.15, 0.2) is 0 Å². The second-order valence-electron chi connectivity index (χ2n) is 7.49. The molecule has 0 aliphatic rings. The van der Waals surface area contributed by atoms with Crippen LogP contribution < -0.4 is 5.32 Å². The van der Waals surface area contributed by atoms with Gasteiger partial charge >= 0.3 is 0 Å². The normalized spacial score (nSPS) is 12.8. The molecule has 2 atom stereocenters. The first kappa shape index (κ1) is 27.1. The number of carbonyl (C=O) groups is 2. The number of halogens is 4. The summed E-state index contributed by atoms with van der Waals surface area (Å²) < 4.78 is 0. The number of nitrogens with zero attached hydrogens (tertiary/aromatic N) is 1. The zero-order chi connectivity index (χ0) is 23.8. The van der Waals surface area contributed by atoms with E-state index in [-0.39, 0.29) is 30.2 Å². The van der Waals surface area contributed by atoms with Crippen LogP contribution >= 0.6 is 58.2 Å². The Hall–Kier alpha value is -1.11. The van der Waals surface area contributed by atoms with E-state index in [1.807, 2.05) is 19.9 Å². The summed E-state index contributed by atoms with van der Waals surface area (Å²) in [6.07, 6.45) is 0.802. The summed E-state index contributed by atoms with van der Waals surface area (Å²) in [7, 11) is 0. The van der Waals surface area contributed by atoms with Gasteiger partial charge in [-0.15, -0.1) is 11.8 Å². The first-order valence-electron chi connectivity index (χ1n) is 10.2. The highest BCUT2D eigenvalue weighted by Crippen LogP contribution is 2.26. The largest absolute Gasteiger partial charge is 0.352 e. The Morgan fingerprint density at radius 1 is 1.00 bits per heavy atom. The average Bonchev–Trinajstić information content (AvgIpc) is 2.75. The smallest absolute Gasteiger partial charge is 0.242 e. The molecule has 32 heavy (non-hydrogen) atoms. The van der Waals surface area contributed by atoms with Gasteiger partial charge in [-0.05, 0) is 55.7 Å². The van der Waals surface area contributed by atoms with E-state index in [9.17, 15) is 9.59 Å². The van der Waals surface area contributed by atoms with Crippen LogP contribution in [0, 0.1) is 0 Å². The standard InChI is InChI=1S/C23H26Cl4N2O2S/c1-4-14(2)28-23(31)15(3)29(11-16-5-8-19(25)21(27)9-16)22(30)13-32-12-17-6-7-18(24)10-20(17)26/h5-10,14-15H,4,11-13H2,1-3H3,(H,28,31)/t14-,15-/m1/s1. The molecule has 2 amide bonds. The molecule has 0 fully saturated rings. The molecule has 2 aromatic rings. The predicted octanol–water partition coefficient (Wildman–Crippen LogP) is 6.87. The lowest BCUT2D eigenvalue weighted by Gasteiger charge is -2.29. The maximum atomic E-state index is 13.1. The summed E-state index contributed by atoms with van der Waals surface area (Å²) in [6.45, 7) is 5.90. The molecule has 9 heteroatoms. The number of carbonyl (C=O) groups excluding carboxylic acids is 2. The van der Waals surface area contributed by atoms with E-state index in [1.165, 1.54) is 11.8 Å². The van der Waals surface area contributed by atoms with Crippen molar-refractivity contribution in [3.63, 3.8) is 0 Å². The van der Waals surface area contributed by atoms with Crippen molar-refractivity contribution in [2.24, 2.45) is 0 Å². The zero-order valence-corrected chi connectivity index (χ0v) is 22.0. The van der Waals surface area contributed by atoms with Gasteiger partial charge in [-0.2, -0.15) is 0 Å². The van der Waals surface area contributed by atoms with Gasteiger partial charge in [0.25, 0.3) is 0 Å². The second-order valence-corrected chi connectivity index (χ2v) is 10.1. The van der Waals surface area contributed by atoms with Crippen molar-refractivity contribution >= 4 is 70.0 Å². The molecule has 0 saturated carbocycles. The average molecular weight is 536 g/mol. The van der Waals surface area contributed by atoms with Crippen LogP contribution in [0.1, 0.15) is 38.3 Å². The Morgan fingerprint density at radius 3 is 2.34 bits per heavy atom. The lowest BCUT2D eigenvalue weighted by molar-refractivity contribution is -0.138. The summed E-state index contributed by atoms with van der Waals surface area (Å²) in [4.78, 5) is 27.5. The molecule has 0 unspecified atom stereocenters. The molecular formula is C23H26Cl4N2O2S. The van der Waals surface area contributed by atoms with Gasteiger partial charge in [0.1, 0.15) is 6.04 Å². The summed E-state index contributed by atoms with van der Waals surface area (Å²) in [5, 5.41) is 4.91. The summed E-state index contributed by atoms with van der Waals surface area (Å²) in [5.74, 6) is 0.397. The Bertz CT molecular complexity index is 958. The lowest BCUT2D eigenvalue weighted by atomic mass is 10.1. The Kier molecular flexibility index (Phi) is 11.0. The predicted molar refractivity (Wildman–Crippen MR) is 137 cm³/mol. The van der Waals surface area contributed by atoms with E-state index in [4.69, 9.17) is 46.4 Å². The molecule has 0 aliphatic heterocycles. The Balaban J connectivity index is 2.13. The van der Waals surface area contributed by atoms with E-state index in [0.717, 1.165) is 17.5 Å². The third kappa shape index (κ3) is 8.03. The maximum Gasteiger partial charge on any atom is 0.242 e. The minimum atomic E-state index is -0.648. The zero-order valence-electron chi connectivity index (χ0n) is 18.1. The minimum Gasteiger partial charge on any atom is -0.352 e.